The highest BCUT2D eigenvalue weighted by Crippen LogP contribution is 1.96. The first kappa shape index (κ1) is 14.6. The highest BCUT2D eigenvalue weighted by atomic mass is 16.4. The second kappa shape index (κ2) is 7.80. The summed E-state index contributed by atoms with van der Waals surface area (Å²) < 4.78 is 0. The van der Waals surface area contributed by atoms with Crippen molar-refractivity contribution in [3.05, 3.63) is 30.1 Å². The van der Waals surface area contributed by atoms with Gasteiger partial charge < -0.3 is 15.7 Å². The number of pyridine rings is 1. The number of amides is 2. The molecule has 0 fully saturated rings. The lowest BCUT2D eigenvalue weighted by Crippen LogP contribution is -2.31. The molecule has 1 rings (SSSR count). The number of aliphatic carboxylic acids is 1. The fourth-order valence-electron chi connectivity index (χ4n) is 1.28. The van der Waals surface area contributed by atoms with Crippen molar-refractivity contribution in [2.24, 2.45) is 0 Å². The Labute approximate surface area is 110 Å². The monoisotopic (exact) mass is 265 g/mol. The quantitative estimate of drug-likeness (QED) is 0.626. The van der Waals surface area contributed by atoms with E-state index in [1.165, 1.54) is 0 Å². The molecule has 0 aromatic carbocycles. The summed E-state index contributed by atoms with van der Waals surface area (Å²) in [5.41, 5.74) is 0.867. The minimum atomic E-state index is -1.12. The van der Waals surface area contributed by atoms with Crippen molar-refractivity contribution >= 4 is 17.8 Å². The van der Waals surface area contributed by atoms with E-state index in [4.69, 9.17) is 5.11 Å². The molecule has 1 heterocycles. The molecule has 0 saturated carbocycles. The molecule has 7 nitrogen and oxygen atoms in total. The van der Waals surface area contributed by atoms with Crippen molar-refractivity contribution in [3.8, 4) is 0 Å². The first-order valence-electron chi connectivity index (χ1n) is 5.72. The molecule has 0 saturated heterocycles. The molecule has 0 aliphatic carbocycles. The maximum Gasteiger partial charge on any atom is 0.322 e. The smallest absolute Gasteiger partial charge is 0.322 e. The molecule has 0 spiro atoms. The lowest BCUT2D eigenvalue weighted by Gasteiger charge is -2.05. The predicted molar refractivity (Wildman–Crippen MR) is 66.0 cm³/mol. The molecule has 7 heteroatoms. The van der Waals surface area contributed by atoms with E-state index in [0.717, 1.165) is 5.56 Å². The van der Waals surface area contributed by atoms with Gasteiger partial charge >= 0.3 is 5.97 Å². The summed E-state index contributed by atoms with van der Waals surface area (Å²) >= 11 is 0. The molecule has 0 aliphatic rings. The van der Waals surface area contributed by atoms with E-state index >= 15 is 0 Å². The van der Waals surface area contributed by atoms with Gasteiger partial charge in [0.1, 0.15) is 6.54 Å². The third-order valence-electron chi connectivity index (χ3n) is 2.23. The SMILES string of the molecule is O=C(O)CNC(=O)CCC(=O)NCc1cccnc1. The van der Waals surface area contributed by atoms with E-state index in [1.807, 2.05) is 6.07 Å². The minimum Gasteiger partial charge on any atom is -0.480 e. The molecule has 1 aromatic heterocycles. The summed E-state index contributed by atoms with van der Waals surface area (Å²) in [5, 5.41) is 13.2. The second-order valence-electron chi connectivity index (χ2n) is 3.81. The highest BCUT2D eigenvalue weighted by Gasteiger charge is 2.07. The van der Waals surface area contributed by atoms with Crippen LogP contribution in [0.25, 0.3) is 0 Å². The van der Waals surface area contributed by atoms with Crippen molar-refractivity contribution in [2.75, 3.05) is 6.54 Å². The number of aromatic nitrogens is 1. The number of hydrogen-bond acceptors (Lipinski definition) is 4. The van der Waals surface area contributed by atoms with Gasteiger partial charge in [0, 0.05) is 31.8 Å². The molecule has 0 aliphatic heterocycles. The summed E-state index contributed by atoms with van der Waals surface area (Å²) in [7, 11) is 0. The van der Waals surface area contributed by atoms with Crippen LogP contribution in [0.3, 0.4) is 0 Å². The van der Waals surface area contributed by atoms with Gasteiger partial charge in [-0.3, -0.25) is 19.4 Å². The average Bonchev–Trinajstić information content (AvgIpc) is 2.41. The molecule has 102 valence electrons. The molecule has 1 aromatic rings. The molecule has 0 unspecified atom stereocenters. The summed E-state index contributed by atoms with van der Waals surface area (Å²) in [4.78, 5) is 36.7. The van der Waals surface area contributed by atoms with Gasteiger partial charge in [0.2, 0.25) is 11.8 Å². The predicted octanol–water partition coefficient (Wildman–Crippen LogP) is -0.321. The van der Waals surface area contributed by atoms with Gasteiger partial charge in [-0.2, -0.15) is 0 Å². The van der Waals surface area contributed by atoms with Crippen LogP contribution in [-0.2, 0) is 20.9 Å². The first-order valence-corrected chi connectivity index (χ1v) is 5.72. The number of carboxylic acid groups (broad SMARTS) is 1. The van der Waals surface area contributed by atoms with Crippen LogP contribution in [0.1, 0.15) is 18.4 Å². The molecule has 2 amide bonds. The summed E-state index contributed by atoms with van der Waals surface area (Å²) in [6, 6.07) is 3.59. The van der Waals surface area contributed by atoms with Gasteiger partial charge in [0.25, 0.3) is 0 Å². The fourth-order valence-corrected chi connectivity index (χ4v) is 1.28. The van der Waals surface area contributed by atoms with Crippen LogP contribution in [-0.4, -0.2) is 34.4 Å². The van der Waals surface area contributed by atoms with Gasteiger partial charge in [-0.15, -0.1) is 0 Å². The van der Waals surface area contributed by atoms with E-state index in [9.17, 15) is 14.4 Å². The van der Waals surface area contributed by atoms with Crippen molar-refractivity contribution in [2.45, 2.75) is 19.4 Å². The van der Waals surface area contributed by atoms with Gasteiger partial charge in [-0.05, 0) is 11.6 Å². The Balaban J connectivity index is 2.17. The largest absolute Gasteiger partial charge is 0.480 e. The van der Waals surface area contributed by atoms with Gasteiger partial charge in [-0.25, -0.2) is 0 Å². The van der Waals surface area contributed by atoms with Crippen molar-refractivity contribution in [3.63, 3.8) is 0 Å². The normalized spacial score (nSPS) is 9.68. The molecular weight excluding hydrogens is 250 g/mol. The highest BCUT2D eigenvalue weighted by molar-refractivity contribution is 5.85. The standard InChI is InChI=1S/C12H15N3O4/c16-10(3-4-11(17)15-8-12(18)19)14-7-9-2-1-5-13-6-9/h1-2,5-6H,3-4,7-8H2,(H,14,16)(H,15,17)(H,18,19). The average molecular weight is 265 g/mol. The van der Waals surface area contributed by atoms with Gasteiger partial charge in [0.05, 0.1) is 0 Å². The topological polar surface area (TPSA) is 108 Å². The van der Waals surface area contributed by atoms with Crippen LogP contribution in [0.15, 0.2) is 24.5 Å². The zero-order valence-corrected chi connectivity index (χ0v) is 10.3. The number of rotatable bonds is 7. The Morgan fingerprint density at radius 1 is 1.16 bits per heavy atom. The fraction of sp³-hybridized carbons (Fsp3) is 0.333. The van der Waals surface area contributed by atoms with Crippen LogP contribution < -0.4 is 10.6 Å². The summed E-state index contributed by atoms with van der Waals surface area (Å²) in [6.45, 7) is -0.0838. The number of nitrogens with one attached hydrogen (secondary N) is 2. The van der Waals surface area contributed by atoms with E-state index in [2.05, 4.69) is 15.6 Å². The van der Waals surface area contributed by atoms with E-state index in [0.29, 0.717) is 6.54 Å². The Morgan fingerprint density at radius 2 is 1.84 bits per heavy atom. The van der Waals surface area contributed by atoms with Crippen LogP contribution in [0.2, 0.25) is 0 Å². The Bertz CT molecular complexity index is 448. The maximum absolute atomic E-state index is 11.4. The second-order valence-corrected chi connectivity index (χ2v) is 3.81. The molecule has 0 bridgehead atoms. The van der Waals surface area contributed by atoms with Crippen molar-refractivity contribution in [1.82, 2.24) is 15.6 Å². The number of carbonyl (C=O) groups excluding carboxylic acids is 2. The van der Waals surface area contributed by atoms with Crippen molar-refractivity contribution in [1.29, 1.82) is 0 Å². The van der Waals surface area contributed by atoms with E-state index in [-0.39, 0.29) is 18.7 Å². The van der Waals surface area contributed by atoms with Gasteiger partial charge in [0.15, 0.2) is 0 Å². The Morgan fingerprint density at radius 3 is 2.42 bits per heavy atom. The number of carbonyl (C=O) groups is 3. The third kappa shape index (κ3) is 6.77. The molecular formula is C12H15N3O4. The maximum atomic E-state index is 11.4. The van der Waals surface area contributed by atoms with Crippen molar-refractivity contribution < 1.29 is 19.5 Å². The Hall–Kier alpha value is -2.44. The minimum absolute atomic E-state index is 0.0196. The lowest BCUT2D eigenvalue weighted by atomic mass is 10.2. The number of hydrogen-bond donors (Lipinski definition) is 3. The first-order chi connectivity index (χ1) is 9.08. The zero-order chi connectivity index (χ0) is 14.1. The molecule has 0 radical (unpaired) electrons. The summed E-state index contributed by atoms with van der Waals surface area (Å²) in [5.74, 6) is -1.84. The van der Waals surface area contributed by atoms with Crippen LogP contribution in [0.4, 0.5) is 0 Å². The molecule has 3 N–H and O–H groups in total. The van der Waals surface area contributed by atoms with Gasteiger partial charge in [-0.1, -0.05) is 6.07 Å². The summed E-state index contributed by atoms with van der Waals surface area (Å²) in [6.07, 6.45) is 3.26. The third-order valence-corrected chi connectivity index (χ3v) is 2.23. The Kier molecular flexibility index (Phi) is 6.00. The van der Waals surface area contributed by atoms with Crippen LogP contribution in [0.5, 0.6) is 0 Å². The lowest BCUT2D eigenvalue weighted by molar-refractivity contribution is -0.138. The number of nitrogens with zero attached hydrogens (tertiary/aromatic N) is 1. The zero-order valence-electron chi connectivity index (χ0n) is 10.3. The van der Waals surface area contributed by atoms with E-state index in [1.54, 1.807) is 18.5 Å². The molecule has 0 atom stereocenters. The van der Waals surface area contributed by atoms with E-state index < -0.39 is 18.4 Å². The van der Waals surface area contributed by atoms with Crippen LogP contribution in [0, 0.1) is 0 Å². The number of carboxylic acids is 1. The molecule has 19 heavy (non-hydrogen) atoms. The van der Waals surface area contributed by atoms with Crippen LogP contribution >= 0.6 is 0 Å².